The molecule has 3 aromatic rings. The second-order valence-corrected chi connectivity index (χ2v) is 5.12. The Morgan fingerprint density at radius 3 is 2.92 bits per heavy atom. The highest BCUT2D eigenvalue weighted by molar-refractivity contribution is 6.06. The minimum absolute atomic E-state index is 0.00431. The number of fused-ring (bicyclic) bond motifs is 1. The van der Waals surface area contributed by atoms with E-state index in [4.69, 9.17) is 14.9 Å². The molecule has 0 aliphatic heterocycles. The number of nitrogens with two attached hydrogens (primary N) is 1. The van der Waals surface area contributed by atoms with E-state index >= 15 is 0 Å². The van der Waals surface area contributed by atoms with Crippen molar-refractivity contribution in [2.45, 2.75) is 6.92 Å². The van der Waals surface area contributed by atoms with E-state index in [1.165, 1.54) is 19.4 Å². The average Bonchev–Trinajstić information content (AvgIpc) is 2.94. The van der Waals surface area contributed by atoms with Crippen molar-refractivity contribution in [3.05, 3.63) is 53.9 Å². The van der Waals surface area contributed by atoms with Crippen LogP contribution in [0.3, 0.4) is 0 Å². The molecule has 0 spiro atoms. The van der Waals surface area contributed by atoms with Gasteiger partial charge in [0.05, 0.1) is 12.8 Å². The van der Waals surface area contributed by atoms with Crippen LogP contribution in [0.5, 0.6) is 5.88 Å². The van der Waals surface area contributed by atoms with Gasteiger partial charge in [-0.05, 0) is 37.3 Å². The molecule has 0 saturated carbocycles. The molecule has 0 aliphatic rings. The second-order valence-electron chi connectivity index (χ2n) is 5.12. The largest absolute Gasteiger partial charge is 0.481 e. The van der Waals surface area contributed by atoms with Gasteiger partial charge in [0.15, 0.2) is 0 Å². The summed E-state index contributed by atoms with van der Waals surface area (Å²) in [4.78, 5) is 20.3. The van der Waals surface area contributed by atoms with Crippen LogP contribution >= 0.6 is 0 Å². The monoisotopic (exact) mass is 324 g/mol. The summed E-state index contributed by atoms with van der Waals surface area (Å²) in [5.41, 5.74) is 7.58. The maximum absolute atomic E-state index is 12.2. The zero-order valence-corrected chi connectivity index (χ0v) is 13.2. The zero-order valence-electron chi connectivity index (χ0n) is 13.2. The van der Waals surface area contributed by atoms with Gasteiger partial charge in [-0.3, -0.25) is 10.1 Å². The molecule has 1 amide bonds. The molecule has 122 valence electrons. The third kappa shape index (κ3) is 3.35. The maximum atomic E-state index is 12.2. The van der Waals surface area contributed by atoms with Crippen molar-refractivity contribution >= 4 is 28.5 Å². The van der Waals surface area contributed by atoms with Crippen LogP contribution in [0.15, 0.2) is 52.0 Å². The summed E-state index contributed by atoms with van der Waals surface area (Å²) in [6.07, 6.45) is 1.48. The number of rotatable bonds is 3. The molecule has 3 rings (SSSR count). The van der Waals surface area contributed by atoms with E-state index < -0.39 is 5.91 Å². The topological polar surface area (TPSA) is 103 Å². The molecule has 0 aliphatic carbocycles. The standard InChI is InChI=1S/C17H16N4O3/c1-10-7-12-8-13(3-4-14(12)24-10)20-17(18)21-16(22)11-5-6-19-15(9-11)23-2/h3-9H,1-2H3,(H3,18,20,21,22). The lowest BCUT2D eigenvalue weighted by molar-refractivity contribution is 0.0976. The van der Waals surface area contributed by atoms with E-state index in [2.05, 4.69) is 15.3 Å². The highest BCUT2D eigenvalue weighted by atomic mass is 16.5. The van der Waals surface area contributed by atoms with E-state index in [9.17, 15) is 4.79 Å². The average molecular weight is 324 g/mol. The first-order valence-electron chi connectivity index (χ1n) is 7.21. The number of furan rings is 1. The molecule has 0 unspecified atom stereocenters. The highest BCUT2D eigenvalue weighted by Crippen LogP contribution is 2.24. The van der Waals surface area contributed by atoms with Gasteiger partial charge in [0.1, 0.15) is 11.3 Å². The normalized spacial score (nSPS) is 11.5. The van der Waals surface area contributed by atoms with E-state index in [0.29, 0.717) is 17.1 Å². The SMILES string of the molecule is COc1cc(C(=O)NC(N)=Nc2ccc3oc(C)cc3c2)ccn1. The first-order chi connectivity index (χ1) is 11.5. The molecule has 0 radical (unpaired) electrons. The molecule has 7 nitrogen and oxygen atoms in total. The fraction of sp³-hybridized carbons (Fsp3) is 0.118. The number of ether oxygens (including phenoxy) is 1. The minimum atomic E-state index is -0.391. The fourth-order valence-electron chi connectivity index (χ4n) is 2.25. The summed E-state index contributed by atoms with van der Waals surface area (Å²) in [6, 6.07) is 10.4. The Balaban J connectivity index is 1.77. The lowest BCUT2D eigenvalue weighted by atomic mass is 10.2. The number of aliphatic imine (C=N–C) groups is 1. The number of amides is 1. The molecule has 7 heteroatoms. The molecule has 3 N–H and O–H groups in total. The Morgan fingerprint density at radius 1 is 1.29 bits per heavy atom. The fourth-order valence-corrected chi connectivity index (χ4v) is 2.25. The molecular formula is C17H16N4O3. The predicted molar refractivity (Wildman–Crippen MR) is 90.5 cm³/mol. The third-order valence-electron chi connectivity index (χ3n) is 3.32. The number of nitrogens with zero attached hydrogens (tertiary/aromatic N) is 2. The number of pyridine rings is 1. The molecule has 2 heterocycles. The van der Waals surface area contributed by atoms with Gasteiger partial charge in [0.25, 0.3) is 5.91 Å². The number of hydrogen-bond donors (Lipinski definition) is 2. The maximum Gasteiger partial charge on any atom is 0.258 e. The number of guanidine groups is 1. The molecular weight excluding hydrogens is 308 g/mol. The lowest BCUT2D eigenvalue weighted by Gasteiger charge is -2.05. The van der Waals surface area contributed by atoms with Gasteiger partial charge in [0.2, 0.25) is 11.8 Å². The summed E-state index contributed by atoms with van der Waals surface area (Å²) >= 11 is 0. The summed E-state index contributed by atoms with van der Waals surface area (Å²) in [5, 5.41) is 3.45. The number of carbonyl (C=O) groups is 1. The van der Waals surface area contributed by atoms with Gasteiger partial charge in [-0.15, -0.1) is 0 Å². The van der Waals surface area contributed by atoms with Crippen LogP contribution in [0.4, 0.5) is 5.69 Å². The first-order valence-corrected chi connectivity index (χ1v) is 7.21. The Bertz CT molecular complexity index is 930. The van der Waals surface area contributed by atoms with Crippen molar-refractivity contribution in [1.29, 1.82) is 0 Å². The molecule has 24 heavy (non-hydrogen) atoms. The number of benzene rings is 1. The Kier molecular flexibility index (Phi) is 4.15. The lowest BCUT2D eigenvalue weighted by Crippen LogP contribution is -2.36. The summed E-state index contributed by atoms with van der Waals surface area (Å²) in [7, 11) is 1.48. The number of carbonyl (C=O) groups excluding carboxylic acids is 1. The highest BCUT2D eigenvalue weighted by Gasteiger charge is 2.09. The molecule has 0 saturated heterocycles. The van der Waals surface area contributed by atoms with Gasteiger partial charge < -0.3 is 14.9 Å². The van der Waals surface area contributed by atoms with Crippen LogP contribution in [0, 0.1) is 6.92 Å². The van der Waals surface area contributed by atoms with Crippen LogP contribution in [-0.4, -0.2) is 24.0 Å². The van der Waals surface area contributed by atoms with Crippen LogP contribution in [0.2, 0.25) is 0 Å². The number of aromatic nitrogens is 1. The Hall–Kier alpha value is -3.35. The van der Waals surface area contributed by atoms with Crippen LogP contribution in [0.1, 0.15) is 16.1 Å². The van der Waals surface area contributed by atoms with Gasteiger partial charge in [-0.1, -0.05) is 0 Å². The number of nitrogens with one attached hydrogen (secondary N) is 1. The third-order valence-corrected chi connectivity index (χ3v) is 3.32. The number of aryl methyl sites for hydroxylation is 1. The van der Waals surface area contributed by atoms with Gasteiger partial charge in [0, 0.05) is 23.2 Å². The van der Waals surface area contributed by atoms with Gasteiger partial charge in [-0.25, -0.2) is 9.98 Å². The van der Waals surface area contributed by atoms with Crippen molar-refractivity contribution in [1.82, 2.24) is 10.3 Å². The van der Waals surface area contributed by atoms with Gasteiger partial charge >= 0.3 is 0 Å². The second kappa shape index (κ2) is 6.41. The van der Waals surface area contributed by atoms with Crippen molar-refractivity contribution < 1.29 is 13.9 Å². The van der Waals surface area contributed by atoms with E-state index in [0.717, 1.165) is 16.7 Å². The van der Waals surface area contributed by atoms with Crippen LogP contribution in [-0.2, 0) is 0 Å². The molecule has 2 aromatic heterocycles. The molecule has 1 aromatic carbocycles. The molecule has 0 atom stereocenters. The van der Waals surface area contributed by atoms with Crippen molar-refractivity contribution in [2.75, 3.05) is 7.11 Å². The van der Waals surface area contributed by atoms with Crippen molar-refractivity contribution in [2.24, 2.45) is 10.7 Å². The quantitative estimate of drug-likeness (QED) is 0.569. The Morgan fingerprint density at radius 2 is 2.12 bits per heavy atom. The van der Waals surface area contributed by atoms with Crippen molar-refractivity contribution in [3.63, 3.8) is 0 Å². The van der Waals surface area contributed by atoms with E-state index in [1.54, 1.807) is 12.1 Å². The summed E-state index contributed by atoms with van der Waals surface area (Å²) in [5.74, 6) is 0.769. The minimum Gasteiger partial charge on any atom is -0.481 e. The van der Waals surface area contributed by atoms with E-state index in [-0.39, 0.29) is 5.96 Å². The van der Waals surface area contributed by atoms with Crippen molar-refractivity contribution in [3.8, 4) is 5.88 Å². The number of hydrogen-bond acceptors (Lipinski definition) is 5. The number of methoxy groups -OCH3 is 1. The molecule has 0 fully saturated rings. The smallest absolute Gasteiger partial charge is 0.258 e. The van der Waals surface area contributed by atoms with Gasteiger partial charge in [-0.2, -0.15) is 0 Å². The molecule has 0 bridgehead atoms. The summed E-state index contributed by atoms with van der Waals surface area (Å²) < 4.78 is 10.5. The van der Waals surface area contributed by atoms with Crippen LogP contribution < -0.4 is 15.8 Å². The summed E-state index contributed by atoms with van der Waals surface area (Å²) in [6.45, 7) is 1.88. The van der Waals surface area contributed by atoms with Crippen LogP contribution in [0.25, 0.3) is 11.0 Å². The Labute approximate surface area is 138 Å². The van der Waals surface area contributed by atoms with E-state index in [1.807, 2.05) is 25.1 Å². The predicted octanol–water partition coefficient (Wildman–Crippen LogP) is 2.52. The first kappa shape index (κ1) is 15.5. The zero-order chi connectivity index (χ0) is 17.1.